The molecule has 2 N–H and O–H groups in total. The van der Waals surface area contributed by atoms with Crippen LogP contribution in [0.3, 0.4) is 0 Å². The first kappa shape index (κ1) is 17.7. The van der Waals surface area contributed by atoms with Crippen LogP contribution < -0.4 is 5.84 Å². The fraction of sp³-hybridized carbons (Fsp3) is 0.471. The lowest BCUT2D eigenvalue weighted by Crippen LogP contribution is -2.41. The van der Waals surface area contributed by atoms with Crippen LogP contribution in [0.2, 0.25) is 0 Å². The highest BCUT2D eigenvalue weighted by Crippen LogP contribution is 2.27. The molecule has 1 aromatic carbocycles. The molecule has 1 aromatic heterocycles. The summed E-state index contributed by atoms with van der Waals surface area (Å²) in [6.45, 7) is 5.63. The van der Waals surface area contributed by atoms with Crippen LogP contribution in [0.5, 0.6) is 0 Å². The van der Waals surface area contributed by atoms with Crippen molar-refractivity contribution in [1.82, 2.24) is 19.8 Å². The van der Waals surface area contributed by atoms with E-state index >= 15 is 0 Å². The Labute approximate surface area is 150 Å². The zero-order chi connectivity index (χ0) is 18.0. The number of rotatable bonds is 4. The highest BCUT2D eigenvalue weighted by atomic mass is 32.2. The first-order valence-electron chi connectivity index (χ1n) is 8.38. The zero-order valence-electron chi connectivity index (χ0n) is 14.4. The van der Waals surface area contributed by atoms with Crippen LogP contribution >= 0.6 is 11.8 Å². The summed E-state index contributed by atoms with van der Waals surface area (Å²) in [5, 5.41) is 8.08. The Morgan fingerprint density at radius 3 is 2.68 bits per heavy atom. The Morgan fingerprint density at radius 1 is 1.32 bits per heavy atom. The third-order valence-electron chi connectivity index (χ3n) is 4.50. The van der Waals surface area contributed by atoms with E-state index < -0.39 is 5.82 Å². The highest BCUT2D eigenvalue weighted by Gasteiger charge is 2.27. The van der Waals surface area contributed by atoms with Crippen molar-refractivity contribution in [2.24, 2.45) is 5.92 Å². The first-order valence-corrected chi connectivity index (χ1v) is 9.26. The Morgan fingerprint density at radius 2 is 2.00 bits per heavy atom. The molecule has 1 atom stereocenters. The molecular weight excluding hydrogens is 341 g/mol. The fourth-order valence-electron chi connectivity index (χ4n) is 2.88. The number of nitrogen functional groups attached to an aromatic ring is 1. The summed E-state index contributed by atoms with van der Waals surface area (Å²) in [4.78, 5) is 14.5. The Balaban J connectivity index is 1.71. The Hall–Kier alpha value is -2.09. The maximum absolute atomic E-state index is 13.9. The average molecular weight is 363 g/mol. The van der Waals surface area contributed by atoms with Crippen LogP contribution in [0.15, 0.2) is 29.4 Å². The van der Waals surface area contributed by atoms with E-state index in [1.165, 1.54) is 22.5 Å². The van der Waals surface area contributed by atoms with Crippen LogP contribution in [0.4, 0.5) is 4.39 Å². The monoisotopic (exact) mass is 363 g/mol. The number of aromatic nitrogens is 3. The van der Waals surface area contributed by atoms with Crippen molar-refractivity contribution in [2.45, 2.75) is 37.1 Å². The minimum atomic E-state index is -0.412. The van der Waals surface area contributed by atoms with Gasteiger partial charge in [-0.25, -0.2) is 9.07 Å². The van der Waals surface area contributed by atoms with E-state index in [1.807, 2.05) is 11.8 Å². The smallest absolute Gasteiger partial charge is 0.235 e. The molecule has 0 aliphatic carbocycles. The average Bonchev–Trinajstić information content (AvgIpc) is 2.96. The first-order chi connectivity index (χ1) is 12.0. The summed E-state index contributed by atoms with van der Waals surface area (Å²) in [5.74, 6) is 6.60. The molecule has 0 radical (unpaired) electrons. The Bertz CT molecular complexity index is 757. The van der Waals surface area contributed by atoms with Gasteiger partial charge in [0.15, 0.2) is 5.82 Å². The van der Waals surface area contributed by atoms with Crippen LogP contribution in [0.1, 0.15) is 26.7 Å². The maximum atomic E-state index is 13.9. The number of benzene rings is 1. The number of likely N-dealkylation sites (tertiary alicyclic amines) is 1. The molecule has 1 aliphatic rings. The number of hydrogen-bond donors (Lipinski definition) is 1. The quantitative estimate of drug-likeness (QED) is 0.667. The molecule has 1 fully saturated rings. The van der Waals surface area contributed by atoms with Crippen LogP contribution in [0, 0.1) is 11.7 Å². The van der Waals surface area contributed by atoms with Gasteiger partial charge in [-0.15, -0.1) is 10.2 Å². The van der Waals surface area contributed by atoms with E-state index in [9.17, 15) is 9.18 Å². The van der Waals surface area contributed by atoms with Crippen molar-refractivity contribution in [2.75, 3.05) is 18.9 Å². The number of carbonyl (C=O) groups excluding carboxylic acids is 1. The predicted octanol–water partition coefficient (Wildman–Crippen LogP) is 2.54. The third-order valence-corrected chi connectivity index (χ3v) is 5.55. The fourth-order valence-corrected chi connectivity index (χ4v) is 3.73. The number of thioether (sulfide) groups is 1. The molecule has 0 bridgehead atoms. The van der Waals surface area contributed by atoms with Gasteiger partial charge in [-0.1, -0.05) is 30.8 Å². The molecule has 0 spiro atoms. The third kappa shape index (κ3) is 3.78. The molecule has 8 heteroatoms. The van der Waals surface area contributed by atoms with Crippen molar-refractivity contribution in [3.05, 3.63) is 30.1 Å². The van der Waals surface area contributed by atoms with Gasteiger partial charge in [-0.3, -0.25) is 4.79 Å². The number of halogens is 1. The van der Waals surface area contributed by atoms with E-state index in [1.54, 1.807) is 18.2 Å². The van der Waals surface area contributed by atoms with Gasteiger partial charge in [-0.05, 0) is 37.8 Å². The minimum absolute atomic E-state index is 0.0762. The van der Waals surface area contributed by atoms with E-state index in [4.69, 9.17) is 5.84 Å². The molecular formula is C17H22FN5OS. The zero-order valence-corrected chi connectivity index (χ0v) is 15.2. The van der Waals surface area contributed by atoms with Gasteiger partial charge < -0.3 is 10.7 Å². The predicted molar refractivity (Wildman–Crippen MR) is 95.9 cm³/mol. The lowest BCUT2D eigenvalue weighted by molar-refractivity contribution is -0.131. The second-order valence-electron chi connectivity index (χ2n) is 6.42. The number of hydrogen-bond acceptors (Lipinski definition) is 5. The standard InChI is InChI=1S/C17H22FN5OS/c1-11-7-9-22(10-8-11)16(24)12(2)25-17-21-20-15(23(17)19)13-5-3-4-6-14(13)18/h3-6,11-12H,7-10,19H2,1-2H3. The van der Waals surface area contributed by atoms with Gasteiger partial charge in [0.2, 0.25) is 11.1 Å². The van der Waals surface area contributed by atoms with Crippen LogP contribution in [-0.2, 0) is 4.79 Å². The number of nitrogens with two attached hydrogens (primary N) is 1. The van der Waals surface area contributed by atoms with E-state index in [0.717, 1.165) is 25.9 Å². The van der Waals surface area contributed by atoms with Crippen molar-refractivity contribution < 1.29 is 9.18 Å². The van der Waals surface area contributed by atoms with Crippen LogP contribution in [0.25, 0.3) is 11.4 Å². The highest BCUT2D eigenvalue weighted by molar-refractivity contribution is 8.00. The van der Waals surface area contributed by atoms with Crippen molar-refractivity contribution in [3.63, 3.8) is 0 Å². The van der Waals surface area contributed by atoms with E-state index in [-0.39, 0.29) is 22.5 Å². The van der Waals surface area contributed by atoms with Crippen molar-refractivity contribution >= 4 is 17.7 Å². The van der Waals surface area contributed by atoms with Crippen molar-refractivity contribution in [3.8, 4) is 11.4 Å². The Kier molecular flexibility index (Phi) is 5.27. The van der Waals surface area contributed by atoms with Crippen LogP contribution in [-0.4, -0.2) is 44.0 Å². The van der Waals surface area contributed by atoms with Gasteiger partial charge in [-0.2, -0.15) is 0 Å². The van der Waals surface area contributed by atoms with Gasteiger partial charge in [0.1, 0.15) is 5.82 Å². The normalized spacial score (nSPS) is 16.8. The summed E-state index contributed by atoms with van der Waals surface area (Å²) in [6.07, 6.45) is 2.07. The number of amides is 1. The van der Waals surface area contributed by atoms with Gasteiger partial charge in [0.25, 0.3) is 0 Å². The maximum Gasteiger partial charge on any atom is 0.235 e. The lowest BCUT2D eigenvalue weighted by atomic mass is 9.99. The summed E-state index contributed by atoms with van der Waals surface area (Å²) < 4.78 is 15.2. The summed E-state index contributed by atoms with van der Waals surface area (Å²) in [7, 11) is 0. The summed E-state index contributed by atoms with van der Waals surface area (Å²) in [5.41, 5.74) is 0.286. The lowest BCUT2D eigenvalue weighted by Gasteiger charge is -2.31. The summed E-state index contributed by atoms with van der Waals surface area (Å²) in [6, 6.07) is 6.26. The largest absolute Gasteiger partial charge is 0.342 e. The van der Waals surface area contributed by atoms with Gasteiger partial charge >= 0.3 is 0 Å². The molecule has 1 saturated heterocycles. The summed E-state index contributed by atoms with van der Waals surface area (Å²) >= 11 is 1.24. The minimum Gasteiger partial charge on any atom is -0.342 e. The molecule has 1 unspecified atom stereocenters. The number of carbonyl (C=O) groups is 1. The van der Waals surface area contributed by atoms with E-state index in [0.29, 0.717) is 11.1 Å². The molecule has 134 valence electrons. The number of nitrogens with zero attached hydrogens (tertiary/aromatic N) is 4. The van der Waals surface area contributed by atoms with Crippen molar-refractivity contribution in [1.29, 1.82) is 0 Å². The SMILES string of the molecule is CC1CCN(C(=O)C(C)Sc2nnc(-c3ccccc3F)n2N)CC1. The molecule has 2 heterocycles. The topological polar surface area (TPSA) is 77.0 Å². The molecule has 3 rings (SSSR count). The number of piperidine rings is 1. The molecule has 6 nitrogen and oxygen atoms in total. The van der Waals surface area contributed by atoms with Gasteiger partial charge in [0, 0.05) is 13.1 Å². The molecule has 25 heavy (non-hydrogen) atoms. The van der Waals surface area contributed by atoms with Gasteiger partial charge in [0.05, 0.1) is 10.8 Å². The second kappa shape index (κ2) is 7.43. The second-order valence-corrected chi connectivity index (χ2v) is 7.73. The van der Waals surface area contributed by atoms with E-state index in [2.05, 4.69) is 17.1 Å². The molecule has 1 amide bonds. The molecule has 1 aliphatic heterocycles. The molecule has 0 saturated carbocycles. The molecule has 2 aromatic rings.